The van der Waals surface area contributed by atoms with Crippen molar-refractivity contribution in [1.82, 2.24) is 0 Å². The molecule has 0 N–H and O–H groups in total. The fraction of sp³-hybridized carbons (Fsp3) is 0.375. The molecule has 20 heavy (non-hydrogen) atoms. The first kappa shape index (κ1) is 12.6. The van der Waals surface area contributed by atoms with Crippen molar-refractivity contribution in [2.75, 3.05) is 0 Å². The Morgan fingerprint density at radius 2 is 1.20 bits per heavy atom. The molecule has 102 valence electrons. The Hall–Kier alpha value is 0.1000. The van der Waals surface area contributed by atoms with Crippen molar-refractivity contribution in [2.45, 2.75) is 44.6 Å². The SMILES string of the molecule is CC1=CC2Sc3cc4c(cc3C2S1)C1SC(C)=CC1S4. The van der Waals surface area contributed by atoms with Crippen molar-refractivity contribution >= 4 is 47.0 Å². The predicted octanol–water partition coefficient (Wildman–Crippen LogP) is 6.02. The Balaban J connectivity index is 1.58. The van der Waals surface area contributed by atoms with Crippen molar-refractivity contribution in [3.8, 4) is 0 Å². The maximum absolute atomic E-state index is 2.54. The van der Waals surface area contributed by atoms with E-state index in [-0.39, 0.29) is 0 Å². The van der Waals surface area contributed by atoms with Gasteiger partial charge in [-0.3, -0.25) is 0 Å². The molecule has 0 bridgehead atoms. The fourth-order valence-corrected chi connectivity index (χ4v) is 9.53. The van der Waals surface area contributed by atoms with E-state index in [0.717, 1.165) is 0 Å². The summed E-state index contributed by atoms with van der Waals surface area (Å²) < 4.78 is 0. The zero-order valence-corrected chi connectivity index (χ0v) is 14.5. The van der Waals surface area contributed by atoms with Crippen LogP contribution in [0.25, 0.3) is 0 Å². The average Bonchev–Trinajstić information content (AvgIpc) is 3.06. The number of benzene rings is 1. The number of fused-ring (bicyclic) bond motifs is 6. The first-order valence-electron chi connectivity index (χ1n) is 6.90. The van der Waals surface area contributed by atoms with E-state index in [1.54, 1.807) is 11.1 Å². The molecule has 0 nitrogen and oxygen atoms in total. The minimum atomic E-state index is 0.671. The summed E-state index contributed by atoms with van der Waals surface area (Å²) in [6.07, 6.45) is 4.91. The van der Waals surface area contributed by atoms with Gasteiger partial charge in [-0.1, -0.05) is 18.2 Å². The lowest BCUT2D eigenvalue weighted by Crippen LogP contribution is -2.00. The van der Waals surface area contributed by atoms with Gasteiger partial charge >= 0.3 is 0 Å². The van der Waals surface area contributed by atoms with Gasteiger partial charge in [0.2, 0.25) is 0 Å². The molecule has 1 aromatic carbocycles. The van der Waals surface area contributed by atoms with Crippen LogP contribution in [-0.4, -0.2) is 10.5 Å². The van der Waals surface area contributed by atoms with Gasteiger partial charge in [0, 0.05) is 20.3 Å². The molecule has 4 heterocycles. The molecular weight excluding hydrogens is 320 g/mol. The van der Waals surface area contributed by atoms with E-state index in [2.05, 4.69) is 85.2 Å². The quantitative estimate of drug-likeness (QED) is 0.569. The third-order valence-corrected chi connectivity index (χ3v) is 9.84. The minimum Gasteiger partial charge on any atom is -0.121 e. The molecule has 4 heteroatoms. The molecule has 4 aliphatic heterocycles. The normalized spacial score (nSPS) is 36.3. The summed E-state index contributed by atoms with van der Waals surface area (Å²) in [6, 6.07) is 5.02. The molecule has 0 aromatic heterocycles. The van der Waals surface area contributed by atoms with Crippen LogP contribution in [0.2, 0.25) is 0 Å². The Kier molecular flexibility index (Phi) is 2.72. The first-order chi connectivity index (χ1) is 9.69. The van der Waals surface area contributed by atoms with Crippen LogP contribution < -0.4 is 0 Å². The van der Waals surface area contributed by atoms with Crippen molar-refractivity contribution in [3.63, 3.8) is 0 Å². The molecule has 4 unspecified atom stereocenters. The lowest BCUT2D eigenvalue weighted by Gasteiger charge is -2.13. The van der Waals surface area contributed by atoms with Crippen LogP contribution in [0.15, 0.2) is 43.9 Å². The van der Waals surface area contributed by atoms with E-state index < -0.39 is 0 Å². The highest BCUT2D eigenvalue weighted by Crippen LogP contribution is 2.63. The van der Waals surface area contributed by atoms with Crippen LogP contribution in [-0.2, 0) is 0 Å². The van der Waals surface area contributed by atoms with Crippen LogP contribution in [0.1, 0.15) is 35.5 Å². The van der Waals surface area contributed by atoms with Crippen molar-refractivity contribution in [2.24, 2.45) is 0 Å². The van der Waals surface area contributed by atoms with Gasteiger partial charge in [-0.25, -0.2) is 0 Å². The molecule has 0 radical (unpaired) electrons. The van der Waals surface area contributed by atoms with Gasteiger partial charge in [-0.15, -0.1) is 47.0 Å². The highest BCUT2D eigenvalue weighted by Gasteiger charge is 2.42. The standard InChI is InChI=1S/C16H14S4/c1-7-3-13-15(17-7)9-5-10-12(6-11(9)19-13)20-14-4-8(2)18-16(10)14/h3-6,13-16H,1-2H3. The van der Waals surface area contributed by atoms with Crippen molar-refractivity contribution in [3.05, 3.63) is 45.2 Å². The first-order valence-corrected chi connectivity index (χ1v) is 10.4. The van der Waals surface area contributed by atoms with Gasteiger partial charge in [0.25, 0.3) is 0 Å². The summed E-state index contributed by atoms with van der Waals surface area (Å²) in [5.41, 5.74) is 3.20. The average molecular weight is 335 g/mol. The molecule has 0 saturated heterocycles. The highest BCUT2D eigenvalue weighted by atomic mass is 32.2. The topological polar surface area (TPSA) is 0 Å². The zero-order chi connectivity index (χ0) is 13.4. The van der Waals surface area contributed by atoms with E-state index in [4.69, 9.17) is 0 Å². The predicted molar refractivity (Wildman–Crippen MR) is 93.9 cm³/mol. The summed E-state index contributed by atoms with van der Waals surface area (Å²) in [6.45, 7) is 4.51. The zero-order valence-electron chi connectivity index (χ0n) is 11.3. The Morgan fingerprint density at radius 3 is 1.70 bits per heavy atom. The second-order valence-corrected chi connectivity index (χ2v) is 10.9. The molecule has 0 aliphatic carbocycles. The third kappa shape index (κ3) is 1.68. The van der Waals surface area contributed by atoms with Gasteiger partial charge in [0.1, 0.15) is 0 Å². The molecule has 4 atom stereocenters. The van der Waals surface area contributed by atoms with Crippen LogP contribution >= 0.6 is 47.0 Å². The maximum atomic E-state index is 2.54. The third-order valence-electron chi connectivity index (χ3n) is 4.30. The van der Waals surface area contributed by atoms with Crippen LogP contribution in [0.3, 0.4) is 0 Å². The van der Waals surface area contributed by atoms with Crippen molar-refractivity contribution in [1.29, 1.82) is 0 Å². The molecule has 0 amide bonds. The van der Waals surface area contributed by atoms with Gasteiger partial charge in [0.05, 0.1) is 10.5 Å². The summed E-state index contributed by atoms with van der Waals surface area (Å²) in [5.74, 6) is 0. The van der Waals surface area contributed by atoms with E-state index >= 15 is 0 Å². The lowest BCUT2D eigenvalue weighted by atomic mass is 10.0. The second-order valence-electron chi connectivity index (χ2n) is 5.72. The highest BCUT2D eigenvalue weighted by molar-refractivity contribution is 8.08. The summed E-state index contributed by atoms with van der Waals surface area (Å²) in [4.78, 5) is 6.07. The molecule has 5 rings (SSSR count). The fourth-order valence-electron chi connectivity index (χ4n) is 3.46. The summed E-state index contributed by atoms with van der Waals surface area (Å²) in [5, 5.41) is 2.69. The summed E-state index contributed by atoms with van der Waals surface area (Å²) in [7, 11) is 0. The lowest BCUT2D eigenvalue weighted by molar-refractivity contribution is 0.971. The molecule has 0 fully saturated rings. The van der Waals surface area contributed by atoms with Gasteiger partial charge in [-0.2, -0.15) is 0 Å². The maximum Gasteiger partial charge on any atom is 0.0509 e. The van der Waals surface area contributed by atoms with Crippen LogP contribution in [0.5, 0.6) is 0 Å². The number of rotatable bonds is 0. The van der Waals surface area contributed by atoms with E-state index in [0.29, 0.717) is 21.0 Å². The van der Waals surface area contributed by atoms with Crippen molar-refractivity contribution < 1.29 is 0 Å². The van der Waals surface area contributed by atoms with E-state index in [1.807, 2.05) is 0 Å². The molecule has 0 spiro atoms. The largest absolute Gasteiger partial charge is 0.121 e. The Morgan fingerprint density at radius 1 is 0.700 bits per heavy atom. The van der Waals surface area contributed by atoms with E-state index in [1.165, 1.54) is 19.6 Å². The molecule has 0 saturated carbocycles. The van der Waals surface area contributed by atoms with E-state index in [9.17, 15) is 0 Å². The van der Waals surface area contributed by atoms with Gasteiger partial charge < -0.3 is 0 Å². The smallest absolute Gasteiger partial charge is 0.0509 e. The summed E-state index contributed by atoms with van der Waals surface area (Å²) >= 11 is 8.27. The number of thioether (sulfide) groups is 4. The van der Waals surface area contributed by atoms with Crippen LogP contribution in [0.4, 0.5) is 0 Å². The monoisotopic (exact) mass is 334 g/mol. The number of hydrogen-bond acceptors (Lipinski definition) is 4. The Labute approximate surface area is 136 Å². The second kappa shape index (κ2) is 4.31. The molecule has 4 aliphatic rings. The molecule has 1 aromatic rings. The number of allylic oxidation sites excluding steroid dienone is 2. The minimum absolute atomic E-state index is 0.671. The number of hydrogen-bond donors (Lipinski definition) is 0. The molecular formula is C16H14S4. The van der Waals surface area contributed by atoms with Gasteiger partial charge in [0.15, 0.2) is 0 Å². The van der Waals surface area contributed by atoms with Gasteiger partial charge in [-0.05, 0) is 40.9 Å². The Bertz CT molecular complexity index is 633. The van der Waals surface area contributed by atoms with Crippen LogP contribution in [0, 0.1) is 0 Å².